The molecule has 0 amide bonds. The number of esters is 1. The van der Waals surface area contributed by atoms with Crippen molar-refractivity contribution in [3.05, 3.63) is 0 Å². The molecule has 4 atom stereocenters. The highest BCUT2D eigenvalue weighted by atomic mass is 16.5. The normalized spacial score (nSPS) is 43.0. The van der Waals surface area contributed by atoms with Gasteiger partial charge in [0.1, 0.15) is 6.04 Å². The zero-order chi connectivity index (χ0) is 13.6. The molecule has 0 aromatic carbocycles. The van der Waals surface area contributed by atoms with E-state index in [1.807, 2.05) is 0 Å². The average molecular weight is 267 g/mol. The van der Waals surface area contributed by atoms with Crippen LogP contribution in [0.4, 0.5) is 0 Å². The molecule has 4 fully saturated rings. The highest BCUT2D eigenvalue weighted by molar-refractivity contribution is 5.75. The lowest BCUT2D eigenvalue weighted by molar-refractivity contribution is -0.142. The minimum atomic E-state index is -0.488. The van der Waals surface area contributed by atoms with Crippen LogP contribution < -0.4 is 5.73 Å². The fourth-order valence-corrected chi connectivity index (χ4v) is 4.54. The molecule has 108 valence electrons. The molecule has 4 saturated heterocycles. The Morgan fingerprint density at radius 2 is 2.11 bits per heavy atom. The number of carbonyl (C=O) groups excluding carboxylic acids is 1. The van der Waals surface area contributed by atoms with Gasteiger partial charge in [-0.15, -0.1) is 0 Å². The largest absolute Gasteiger partial charge is 0.468 e. The van der Waals surface area contributed by atoms with Gasteiger partial charge in [0, 0.05) is 18.6 Å². The summed E-state index contributed by atoms with van der Waals surface area (Å²) >= 11 is 0. The third-order valence-corrected chi connectivity index (χ3v) is 5.50. The molecule has 19 heavy (non-hydrogen) atoms. The van der Waals surface area contributed by atoms with E-state index in [0.29, 0.717) is 18.5 Å². The number of piperidine rings is 3. The van der Waals surface area contributed by atoms with Crippen molar-refractivity contribution in [3.63, 3.8) is 0 Å². The second-order valence-corrected chi connectivity index (χ2v) is 6.40. The Hall–Kier alpha value is -0.650. The number of likely N-dealkylation sites (N-methyl/N-ethyl adjacent to an activating group) is 1. The standard InChI is InChI=1S/C14H25N3O2/c1-16-8-10-9-3-5-17(6-4-9)13(10)12(16)7-11(15)14(18)19-2/h9-13H,3-8,15H2,1-2H3. The first-order valence-electron chi connectivity index (χ1n) is 7.39. The van der Waals surface area contributed by atoms with Gasteiger partial charge in [-0.2, -0.15) is 0 Å². The Morgan fingerprint density at radius 3 is 2.74 bits per heavy atom. The zero-order valence-corrected chi connectivity index (χ0v) is 11.9. The van der Waals surface area contributed by atoms with Gasteiger partial charge in [0.05, 0.1) is 7.11 Å². The first-order chi connectivity index (χ1) is 9.11. The van der Waals surface area contributed by atoms with E-state index in [0.717, 1.165) is 18.4 Å². The van der Waals surface area contributed by atoms with E-state index in [2.05, 4.69) is 16.8 Å². The minimum Gasteiger partial charge on any atom is -0.468 e. The lowest BCUT2D eigenvalue weighted by atomic mass is 9.73. The van der Waals surface area contributed by atoms with Gasteiger partial charge in [-0.25, -0.2) is 0 Å². The third kappa shape index (κ3) is 2.18. The Balaban J connectivity index is 1.73. The number of nitrogens with two attached hydrogens (primary N) is 1. The maximum absolute atomic E-state index is 11.5. The molecule has 0 aromatic rings. The highest BCUT2D eigenvalue weighted by Crippen LogP contribution is 2.44. The number of hydrogen-bond acceptors (Lipinski definition) is 5. The predicted octanol–water partition coefficient (Wildman–Crippen LogP) is -0.0988. The summed E-state index contributed by atoms with van der Waals surface area (Å²) in [6, 6.07) is 0.522. The molecule has 4 unspecified atom stereocenters. The summed E-state index contributed by atoms with van der Waals surface area (Å²) in [6.07, 6.45) is 3.42. The van der Waals surface area contributed by atoms with E-state index in [9.17, 15) is 4.79 Å². The van der Waals surface area contributed by atoms with Crippen molar-refractivity contribution in [3.8, 4) is 0 Å². The lowest BCUT2D eigenvalue weighted by Crippen LogP contribution is -2.58. The maximum atomic E-state index is 11.5. The van der Waals surface area contributed by atoms with Crippen LogP contribution in [-0.2, 0) is 9.53 Å². The number of fused-ring (bicyclic) bond motifs is 2. The predicted molar refractivity (Wildman–Crippen MR) is 72.6 cm³/mol. The molecular weight excluding hydrogens is 242 g/mol. The van der Waals surface area contributed by atoms with Crippen LogP contribution >= 0.6 is 0 Å². The second kappa shape index (κ2) is 5.04. The SMILES string of the molecule is COC(=O)C(N)CC1C2C(CN1C)C1CCN2CC1. The van der Waals surface area contributed by atoms with E-state index < -0.39 is 6.04 Å². The number of nitrogens with zero attached hydrogens (tertiary/aromatic N) is 2. The smallest absolute Gasteiger partial charge is 0.322 e. The summed E-state index contributed by atoms with van der Waals surface area (Å²) in [6.45, 7) is 3.61. The molecule has 4 heterocycles. The summed E-state index contributed by atoms with van der Waals surface area (Å²) in [7, 11) is 3.59. The monoisotopic (exact) mass is 267 g/mol. The second-order valence-electron chi connectivity index (χ2n) is 6.40. The first-order valence-corrected chi connectivity index (χ1v) is 7.39. The zero-order valence-electron chi connectivity index (χ0n) is 11.9. The van der Waals surface area contributed by atoms with Crippen molar-refractivity contribution in [1.29, 1.82) is 0 Å². The summed E-state index contributed by atoms with van der Waals surface area (Å²) in [5.41, 5.74) is 5.97. The van der Waals surface area contributed by atoms with E-state index in [1.54, 1.807) is 0 Å². The van der Waals surface area contributed by atoms with Crippen LogP contribution in [-0.4, -0.2) is 67.7 Å². The van der Waals surface area contributed by atoms with Gasteiger partial charge in [-0.05, 0) is 51.2 Å². The van der Waals surface area contributed by atoms with Crippen LogP contribution in [0.3, 0.4) is 0 Å². The molecule has 2 bridgehead atoms. The van der Waals surface area contributed by atoms with E-state index >= 15 is 0 Å². The van der Waals surface area contributed by atoms with Gasteiger partial charge >= 0.3 is 5.97 Å². The highest BCUT2D eigenvalue weighted by Gasteiger charge is 2.51. The number of rotatable bonds is 3. The molecule has 0 radical (unpaired) electrons. The summed E-state index contributed by atoms with van der Waals surface area (Å²) in [5, 5.41) is 0. The van der Waals surface area contributed by atoms with Crippen LogP contribution in [0.25, 0.3) is 0 Å². The van der Waals surface area contributed by atoms with Crippen LogP contribution in [0.5, 0.6) is 0 Å². The van der Waals surface area contributed by atoms with Crippen molar-refractivity contribution < 1.29 is 9.53 Å². The molecule has 2 N–H and O–H groups in total. The molecular formula is C14H25N3O2. The van der Waals surface area contributed by atoms with Crippen LogP contribution in [0.15, 0.2) is 0 Å². The van der Waals surface area contributed by atoms with E-state index in [-0.39, 0.29) is 5.97 Å². The third-order valence-electron chi connectivity index (χ3n) is 5.50. The summed E-state index contributed by atoms with van der Waals surface area (Å²) in [5.74, 6) is 1.38. The van der Waals surface area contributed by atoms with Crippen molar-refractivity contribution >= 4 is 5.97 Å². The molecule has 4 aliphatic rings. The van der Waals surface area contributed by atoms with Crippen LogP contribution in [0.1, 0.15) is 19.3 Å². The van der Waals surface area contributed by atoms with Gasteiger partial charge in [-0.3, -0.25) is 9.69 Å². The van der Waals surface area contributed by atoms with Gasteiger partial charge in [0.25, 0.3) is 0 Å². The summed E-state index contributed by atoms with van der Waals surface area (Å²) in [4.78, 5) is 16.6. The minimum absolute atomic E-state index is 0.284. The number of carbonyl (C=O) groups is 1. The van der Waals surface area contributed by atoms with Gasteiger partial charge in [0.2, 0.25) is 0 Å². The van der Waals surface area contributed by atoms with Crippen molar-refractivity contribution in [2.75, 3.05) is 33.8 Å². The van der Waals surface area contributed by atoms with E-state index in [4.69, 9.17) is 10.5 Å². The van der Waals surface area contributed by atoms with E-state index in [1.165, 1.54) is 33.0 Å². The number of ether oxygens (including phenoxy) is 1. The molecule has 5 heteroatoms. The maximum Gasteiger partial charge on any atom is 0.322 e. The van der Waals surface area contributed by atoms with Crippen LogP contribution in [0.2, 0.25) is 0 Å². The molecule has 0 spiro atoms. The van der Waals surface area contributed by atoms with Crippen molar-refractivity contribution in [2.45, 2.75) is 37.4 Å². The quantitative estimate of drug-likeness (QED) is 0.724. The average Bonchev–Trinajstić information content (AvgIpc) is 2.78. The molecule has 0 aliphatic carbocycles. The lowest BCUT2D eigenvalue weighted by Gasteiger charge is -2.49. The Bertz CT molecular complexity index is 355. The van der Waals surface area contributed by atoms with Crippen molar-refractivity contribution in [2.24, 2.45) is 17.6 Å². The number of likely N-dealkylation sites (tertiary alicyclic amines) is 1. The number of hydrogen-bond donors (Lipinski definition) is 1. The van der Waals surface area contributed by atoms with Gasteiger partial charge in [-0.1, -0.05) is 0 Å². The van der Waals surface area contributed by atoms with Crippen molar-refractivity contribution in [1.82, 2.24) is 9.80 Å². The topological polar surface area (TPSA) is 58.8 Å². The fraction of sp³-hybridized carbons (Fsp3) is 0.929. The molecule has 4 rings (SSSR count). The number of methoxy groups -OCH3 is 1. The van der Waals surface area contributed by atoms with Crippen LogP contribution in [0, 0.1) is 11.8 Å². The molecule has 0 aromatic heterocycles. The molecule has 4 aliphatic heterocycles. The van der Waals surface area contributed by atoms with Gasteiger partial charge < -0.3 is 15.4 Å². The Labute approximate surface area is 115 Å². The summed E-state index contributed by atoms with van der Waals surface area (Å²) < 4.78 is 4.76. The fourth-order valence-electron chi connectivity index (χ4n) is 4.54. The Morgan fingerprint density at radius 1 is 1.42 bits per heavy atom. The molecule has 0 saturated carbocycles. The first kappa shape index (κ1) is 13.3. The Kier molecular flexibility index (Phi) is 3.53. The van der Waals surface area contributed by atoms with Gasteiger partial charge in [0.15, 0.2) is 0 Å². The molecule has 5 nitrogen and oxygen atoms in total.